The largest absolute Gasteiger partial charge is 0.385 e. The third-order valence-electron chi connectivity index (χ3n) is 2.32. The average molecular weight is 214 g/mol. The Morgan fingerprint density at radius 1 is 1.38 bits per heavy atom. The summed E-state index contributed by atoms with van der Waals surface area (Å²) in [5.41, 5.74) is 1.93. The van der Waals surface area contributed by atoms with Gasteiger partial charge in [-0.25, -0.2) is 4.98 Å². The second-order valence-corrected chi connectivity index (χ2v) is 3.50. The molecule has 0 saturated heterocycles. The van der Waals surface area contributed by atoms with Crippen LogP contribution in [0.5, 0.6) is 0 Å². The molecule has 4 heteroatoms. The Labute approximate surface area is 94.4 Å². The molecule has 0 amide bonds. The van der Waals surface area contributed by atoms with Gasteiger partial charge < -0.3 is 5.32 Å². The number of hydrogen-bond acceptors (Lipinski definition) is 3. The van der Waals surface area contributed by atoms with Crippen LogP contribution in [0.4, 0.5) is 0 Å². The van der Waals surface area contributed by atoms with E-state index in [2.05, 4.69) is 39.2 Å². The fourth-order valence-corrected chi connectivity index (χ4v) is 1.41. The average Bonchev–Trinajstić information content (AvgIpc) is 2.78. The van der Waals surface area contributed by atoms with Crippen LogP contribution in [0.2, 0.25) is 0 Å². The van der Waals surface area contributed by atoms with E-state index in [4.69, 9.17) is 0 Å². The Hall–Kier alpha value is -2.10. The third kappa shape index (κ3) is 2.28. The van der Waals surface area contributed by atoms with Gasteiger partial charge in [0.2, 0.25) is 0 Å². The lowest BCUT2D eigenvalue weighted by atomic mass is 10.1. The molecule has 0 saturated carbocycles. The fraction of sp³-hybridized carbons (Fsp3) is 0.167. The van der Waals surface area contributed by atoms with Gasteiger partial charge in [0.1, 0.15) is 5.82 Å². The molecular formula is C12H14N4. The zero-order valence-electron chi connectivity index (χ0n) is 9.20. The van der Waals surface area contributed by atoms with Crippen molar-refractivity contribution in [3.8, 4) is 0 Å². The summed E-state index contributed by atoms with van der Waals surface area (Å²) < 4.78 is 0. The van der Waals surface area contributed by atoms with Crippen molar-refractivity contribution in [3.63, 3.8) is 0 Å². The Morgan fingerprint density at radius 2 is 2.12 bits per heavy atom. The van der Waals surface area contributed by atoms with Crippen LogP contribution in [0.25, 0.3) is 5.70 Å². The predicted octanol–water partition coefficient (Wildman–Crippen LogP) is 1.59. The predicted molar refractivity (Wildman–Crippen MR) is 63.7 cm³/mol. The molecule has 0 bridgehead atoms. The van der Waals surface area contributed by atoms with Crippen molar-refractivity contribution in [2.45, 2.75) is 6.42 Å². The summed E-state index contributed by atoms with van der Waals surface area (Å²) in [5.74, 6) is 1.46. The summed E-state index contributed by atoms with van der Waals surface area (Å²) in [4.78, 5) is 4.35. The van der Waals surface area contributed by atoms with Crippen LogP contribution in [0.15, 0.2) is 36.9 Å². The Bertz CT molecular complexity index is 473. The van der Waals surface area contributed by atoms with E-state index in [1.54, 1.807) is 7.05 Å². The number of nitrogens with zero attached hydrogens (tertiary/aromatic N) is 2. The van der Waals surface area contributed by atoms with Crippen LogP contribution in [0.3, 0.4) is 0 Å². The first-order chi connectivity index (χ1) is 7.79. The highest BCUT2D eigenvalue weighted by Gasteiger charge is 2.05. The van der Waals surface area contributed by atoms with Gasteiger partial charge in [0.25, 0.3) is 0 Å². The highest BCUT2D eigenvalue weighted by molar-refractivity contribution is 5.53. The monoisotopic (exact) mass is 214 g/mol. The van der Waals surface area contributed by atoms with E-state index in [9.17, 15) is 0 Å². The van der Waals surface area contributed by atoms with Gasteiger partial charge in [-0.05, 0) is 5.56 Å². The highest BCUT2D eigenvalue weighted by atomic mass is 15.2. The van der Waals surface area contributed by atoms with Crippen molar-refractivity contribution in [2.75, 3.05) is 7.05 Å². The van der Waals surface area contributed by atoms with Crippen molar-refractivity contribution in [1.82, 2.24) is 20.5 Å². The fourth-order valence-electron chi connectivity index (χ4n) is 1.41. The summed E-state index contributed by atoms with van der Waals surface area (Å²) in [6, 6.07) is 10.2. The molecule has 0 radical (unpaired) electrons. The molecule has 1 aromatic carbocycles. The second kappa shape index (κ2) is 4.61. The van der Waals surface area contributed by atoms with E-state index in [1.165, 1.54) is 5.56 Å². The molecule has 82 valence electrons. The third-order valence-corrected chi connectivity index (χ3v) is 2.32. The number of aromatic nitrogens is 3. The summed E-state index contributed by atoms with van der Waals surface area (Å²) in [6.07, 6.45) is 0.755. The standard InChI is InChI=1S/C12H14N4/c1-9(13-2)12-14-11(15-16-12)8-10-6-4-3-5-7-10/h3-7,13H,1,8H2,2H3,(H,14,15,16). The van der Waals surface area contributed by atoms with Crippen LogP contribution < -0.4 is 5.32 Å². The smallest absolute Gasteiger partial charge is 0.196 e. The van der Waals surface area contributed by atoms with Gasteiger partial charge in [-0.3, -0.25) is 5.10 Å². The first-order valence-corrected chi connectivity index (χ1v) is 5.12. The highest BCUT2D eigenvalue weighted by Crippen LogP contribution is 2.07. The molecule has 2 rings (SSSR count). The van der Waals surface area contributed by atoms with E-state index in [1.807, 2.05) is 18.2 Å². The van der Waals surface area contributed by atoms with Gasteiger partial charge in [-0.15, -0.1) is 0 Å². The van der Waals surface area contributed by atoms with E-state index < -0.39 is 0 Å². The van der Waals surface area contributed by atoms with Crippen LogP contribution >= 0.6 is 0 Å². The molecule has 0 unspecified atom stereocenters. The molecule has 0 aliphatic rings. The summed E-state index contributed by atoms with van der Waals surface area (Å²) >= 11 is 0. The van der Waals surface area contributed by atoms with E-state index in [0.29, 0.717) is 5.82 Å². The molecule has 0 fully saturated rings. The van der Waals surface area contributed by atoms with Gasteiger partial charge in [0, 0.05) is 13.5 Å². The summed E-state index contributed by atoms with van der Waals surface area (Å²) in [6.45, 7) is 3.81. The maximum absolute atomic E-state index is 4.35. The molecule has 0 atom stereocenters. The molecule has 1 heterocycles. The lowest BCUT2D eigenvalue weighted by Gasteiger charge is -1.97. The minimum atomic E-state index is 0.619. The van der Waals surface area contributed by atoms with Crippen molar-refractivity contribution >= 4 is 5.70 Å². The first kappa shape index (κ1) is 10.4. The van der Waals surface area contributed by atoms with Crippen LogP contribution in [0, 0.1) is 0 Å². The number of aromatic amines is 1. The van der Waals surface area contributed by atoms with Crippen molar-refractivity contribution in [3.05, 3.63) is 54.1 Å². The van der Waals surface area contributed by atoms with Gasteiger partial charge >= 0.3 is 0 Å². The van der Waals surface area contributed by atoms with E-state index in [0.717, 1.165) is 17.9 Å². The SMILES string of the molecule is C=C(NC)c1n[nH]c(Cc2ccccc2)n1. The van der Waals surface area contributed by atoms with Gasteiger partial charge in [0.05, 0.1) is 5.70 Å². The first-order valence-electron chi connectivity index (χ1n) is 5.12. The summed E-state index contributed by atoms with van der Waals surface area (Å²) in [5, 5.41) is 9.91. The second-order valence-electron chi connectivity index (χ2n) is 3.50. The normalized spacial score (nSPS) is 10.1. The lowest BCUT2D eigenvalue weighted by molar-refractivity contribution is 0.970. The van der Waals surface area contributed by atoms with E-state index in [-0.39, 0.29) is 0 Å². The maximum atomic E-state index is 4.35. The zero-order chi connectivity index (χ0) is 11.4. The molecule has 1 aromatic heterocycles. The van der Waals surface area contributed by atoms with Crippen LogP contribution in [-0.2, 0) is 6.42 Å². The topological polar surface area (TPSA) is 53.6 Å². The molecule has 0 spiro atoms. The van der Waals surface area contributed by atoms with Crippen molar-refractivity contribution in [2.24, 2.45) is 0 Å². The minimum Gasteiger partial charge on any atom is -0.385 e. The van der Waals surface area contributed by atoms with Crippen LogP contribution in [-0.4, -0.2) is 22.2 Å². The maximum Gasteiger partial charge on any atom is 0.196 e. The lowest BCUT2D eigenvalue weighted by Crippen LogP contribution is -2.04. The number of H-pyrrole nitrogens is 1. The molecule has 4 nitrogen and oxygen atoms in total. The molecular weight excluding hydrogens is 200 g/mol. The van der Waals surface area contributed by atoms with Crippen LogP contribution in [0.1, 0.15) is 17.2 Å². The van der Waals surface area contributed by atoms with Crippen molar-refractivity contribution < 1.29 is 0 Å². The number of rotatable bonds is 4. The molecule has 2 aromatic rings. The molecule has 0 aliphatic carbocycles. The quantitative estimate of drug-likeness (QED) is 0.812. The molecule has 0 aliphatic heterocycles. The number of hydrogen-bond donors (Lipinski definition) is 2. The van der Waals surface area contributed by atoms with E-state index >= 15 is 0 Å². The minimum absolute atomic E-state index is 0.619. The van der Waals surface area contributed by atoms with Gasteiger partial charge in [0.15, 0.2) is 5.82 Å². The summed E-state index contributed by atoms with van der Waals surface area (Å²) in [7, 11) is 1.80. The number of nitrogens with one attached hydrogen (secondary N) is 2. The van der Waals surface area contributed by atoms with Gasteiger partial charge in [-0.1, -0.05) is 36.9 Å². The molecule has 16 heavy (non-hydrogen) atoms. The molecule has 2 N–H and O–H groups in total. The number of benzene rings is 1. The Kier molecular flexibility index (Phi) is 3.00. The van der Waals surface area contributed by atoms with Gasteiger partial charge in [-0.2, -0.15) is 5.10 Å². The van der Waals surface area contributed by atoms with Crippen molar-refractivity contribution in [1.29, 1.82) is 0 Å². The Balaban J connectivity index is 2.12. The Morgan fingerprint density at radius 3 is 2.81 bits per heavy atom. The zero-order valence-corrected chi connectivity index (χ0v) is 9.20.